The minimum Gasteiger partial charge on any atom is -0.439 e. The van der Waals surface area contributed by atoms with E-state index in [4.69, 9.17) is 10.5 Å². The lowest BCUT2D eigenvalue weighted by molar-refractivity contribution is 0.1000. The first-order valence-corrected chi connectivity index (χ1v) is 11.0. The van der Waals surface area contributed by atoms with Gasteiger partial charge >= 0.3 is 0 Å². The van der Waals surface area contributed by atoms with Crippen molar-refractivity contribution in [2.45, 2.75) is 57.3 Å². The zero-order valence-corrected chi connectivity index (χ0v) is 17.0. The molecule has 0 spiro atoms. The van der Waals surface area contributed by atoms with Gasteiger partial charge in [0.05, 0.1) is 5.56 Å². The molecule has 1 fully saturated rings. The van der Waals surface area contributed by atoms with Crippen LogP contribution in [0.3, 0.4) is 0 Å². The van der Waals surface area contributed by atoms with Gasteiger partial charge in [-0.1, -0.05) is 31.4 Å². The van der Waals surface area contributed by atoms with Crippen LogP contribution in [-0.4, -0.2) is 24.0 Å². The number of amides is 1. The number of aromatic nitrogens is 1. The van der Waals surface area contributed by atoms with Gasteiger partial charge in [-0.15, -0.1) is 0 Å². The van der Waals surface area contributed by atoms with Crippen LogP contribution in [-0.2, 0) is 6.42 Å². The molecule has 1 aromatic heterocycles. The summed E-state index contributed by atoms with van der Waals surface area (Å²) in [5.41, 5.74) is 8.37. The normalized spacial score (nSPS) is 19.5. The molecule has 1 heterocycles. The Morgan fingerprint density at radius 2 is 1.93 bits per heavy atom. The SMILES string of the molecule is NC(=O)c1ccc(Oc2cccc3c2CCCC3CNCC2CCCCC2)nc1. The minimum absolute atomic E-state index is 0.386. The average Bonchev–Trinajstić information content (AvgIpc) is 2.75. The summed E-state index contributed by atoms with van der Waals surface area (Å²) >= 11 is 0. The predicted molar refractivity (Wildman–Crippen MR) is 114 cm³/mol. The second-order valence-corrected chi connectivity index (χ2v) is 8.43. The molecule has 1 amide bonds. The number of hydrogen-bond acceptors (Lipinski definition) is 4. The van der Waals surface area contributed by atoms with E-state index in [9.17, 15) is 4.79 Å². The fourth-order valence-electron chi connectivity index (χ4n) is 4.77. The highest BCUT2D eigenvalue weighted by molar-refractivity contribution is 5.92. The highest BCUT2D eigenvalue weighted by Crippen LogP contribution is 2.38. The first-order valence-electron chi connectivity index (χ1n) is 11.0. The Balaban J connectivity index is 1.42. The lowest BCUT2D eigenvalue weighted by Gasteiger charge is -2.28. The van der Waals surface area contributed by atoms with Gasteiger partial charge in [0.1, 0.15) is 5.75 Å². The predicted octanol–water partition coefficient (Wildman–Crippen LogP) is 4.56. The van der Waals surface area contributed by atoms with E-state index >= 15 is 0 Å². The molecular formula is C24H31N3O2. The van der Waals surface area contributed by atoms with E-state index in [0.717, 1.165) is 31.2 Å². The first-order chi connectivity index (χ1) is 14.2. The fraction of sp³-hybridized carbons (Fsp3) is 0.500. The molecule has 0 saturated heterocycles. The van der Waals surface area contributed by atoms with Gasteiger partial charge in [-0.05, 0) is 73.7 Å². The van der Waals surface area contributed by atoms with Crippen LogP contribution in [0.2, 0.25) is 0 Å². The molecule has 1 aromatic carbocycles. The van der Waals surface area contributed by atoms with E-state index < -0.39 is 5.91 Å². The number of rotatable bonds is 7. The minimum atomic E-state index is -0.482. The van der Waals surface area contributed by atoms with Crippen molar-refractivity contribution >= 4 is 5.91 Å². The Bertz CT molecular complexity index is 829. The Labute approximate surface area is 173 Å². The molecule has 2 aliphatic carbocycles. The third-order valence-corrected chi connectivity index (χ3v) is 6.37. The monoisotopic (exact) mass is 393 g/mol. The van der Waals surface area contributed by atoms with Crippen molar-refractivity contribution in [3.63, 3.8) is 0 Å². The second-order valence-electron chi connectivity index (χ2n) is 8.43. The van der Waals surface area contributed by atoms with Crippen molar-refractivity contribution < 1.29 is 9.53 Å². The first kappa shape index (κ1) is 19.9. The smallest absolute Gasteiger partial charge is 0.250 e. The van der Waals surface area contributed by atoms with Crippen LogP contribution in [0.5, 0.6) is 11.6 Å². The summed E-state index contributed by atoms with van der Waals surface area (Å²) in [5.74, 6) is 2.27. The van der Waals surface area contributed by atoms with Crippen LogP contribution in [0, 0.1) is 5.92 Å². The Morgan fingerprint density at radius 3 is 2.69 bits per heavy atom. The van der Waals surface area contributed by atoms with E-state index in [1.165, 1.54) is 62.3 Å². The van der Waals surface area contributed by atoms with E-state index in [-0.39, 0.29) is 0 Å². The van der Waals surface area contributed by atoms with Gasteiger partial charge < -0.3 is 15.8 Å². The third kappa shape index (κ3) is 4.96. The fourth-order valence-corrected chi connectivity index (χ4v) is 4.77. The van der Waals surface area contributed by atoms with Gasteiger partial charge in [0.15, 0.2) is 0 Å². The van der Waals surface area contributed by atoms with Crippen LogP contribution in [0.4, 0.5) is 0 Å². The number of pyridine rings is 1. The summed E-state index contributed by atoms with van der Waals surface area (Å²) in [4.78, 5) is 15.5. The number of primary amides is 1. The molecule has 5 heteroatoms. The van der Waals surface area contributed by atoms with Crippen molar-refractivity contribution in [1.82, 2.24) is 10.3 Å². The zero-order chi connectivity index (χ0) is 20.1. The number of nitrogens with one attached hydrogen (secondary N) is 1. The standard InChI is InChI=1S/C24H31N3O2/c25-24(28)19-12-13-23(27-16-19)29-22-11-5-9-20-18(8-4-10-21(20)22)15-26-14-17-6-2-1-3-7-17/h5,9,11-13,16-18,26H,1-4,6-8,10,14-15H2,(H2,25,28). The van der Waals surface area contributed by atoms with Crippen molar-refractivity contribution in [2.24, 2.45) is 11.7 Å². The molecule has 3 N–H and O–H groups in total. The topological polar surface area (TPSA) is 77.2 Å². The number of fused-ring (bicyclic) bond motifs is 1. The number of ether oxygens (including phenoxy) is 1. The summed E-state index contributed by atoms with van der Waals surface area (Å²) in [5, 5.41) is 3.75. The summed E-state index contributed by atoms with van der Waals surface area (Å²) < 4.78 is 6.08. The average molecular weight is 394 g/mol. The molecule has 154 valence electrons. The lowest BCUT2D eigenvalue weighted by Crippen LogP contribution is -2.29. The van der Waals surface area contributed by atoms with Gasteiger partial charge in [-0.3, -0.25) is 4.79 Å². The molecule has 2 aliphatic rings. The van der Waals surface area contributed by atoms with Gasteiger partial charge in [0.25, 0.3) is 0 Å². The van der Waals surface area contributed by atoms with Crippen LogP contribution >= 0.6 is 0 Å². The van der Waals surface area contributed by atoms with Gasteiger partial charge in [0, 0.05) is 18.8 Å². The maximum Gasteiger partial charge on any atom is 0.250 e. The number of nitrogens with zero attached hydrogens (tertiary/aromatic N) is 1. The van der Waals surface area contributed by atoms with Crippen LogP contribution in [0.1, 0.15) is 72.3 Å². The van der Waals surface area contributed by atoms with Crippen LogP contribution < -0.4 is 15.8 Å². The van der Waals surface area contributed by atoms with Gasteiger partial charge in [-0.2, -0.15) is 0 Å². The van der Waals surface area contributed by atoms with Crippen molar-refractivity contribution in [3.8, 4) is 11.6 Å². The van der Waals surface area contributed by atoms with Crippen LogP contribution in [0.25, 0.3) is 0 Å². The molecule has 1 saturated carbocycles. The van der Waals surface area contributed by atoms with Crippen molar-refractivity contribution in [1.29, 1.82) is 0 Å². The van der Waals surface area contributed by atoms with Gasteiger partial charge in [0.2, 0.25) is 11.8 Å². The second kappa shape index (κ2) is 9.40. The molecule has 0 bridgehead atoms. The maximum absolute atomic E-state index is 11.2. The highest BCUT2D eigenvalue weighted by Gasteiger charge is 2.23. The number of hydrogen-bond donors (Lipinski definition) is 2. The Hall–Kier alpha value is -2.40. The molecule has 1 atom stereocenters. The maximum atomic E-state index is 11.2. The van der Waals surface area contributed by atoms with E-state index in [1.54, 1.807) is 12.1 Å². The molecule has 1 unspecified atom stereocenters. The van der Waals surface area contributed by atoms with Crippen molar-refractivity contribution in [2.75, 3.05) is 13.1 Å². The van der Waals surface area contributed by atoms with E-state index in [0.29, 0.717) is 17.4 Å². The summed E-state index contributed by atoms with van der Waals surface area (Å²) in [6.45, 7) is 2.19. The number of carbonyl (C=O) groups excluding carboxylic acids is 1. The Kier molecular flexibility index (Phi) is 6.45. The molecule has 5 nitrogen and oxygen atoms in total. The number of carbonyl (C=O) groups is 1. The van der Waals surface area contributed by atoms with Crippen molar-refractivity contribution in [3.05, 3.63) is 53.2 Å². The summed E-state index contributed by atoms with van der Waals surface area (Å²) in [6.07, 6.45) is 11.9. The molecule has 0 radical (unpaired) electrons. The largest absolute Gasteiger partial charge is 0.439 e. The summed E-state index contributed by atoms with van der Waals surface area (Å²) in [6, 6.07) is 9.69. The third-order valence-electron chi connectivity index (χ3n) is 6.37. The number of benzene rings is 1. The zero-order valence-electron chi connectivity index (χ0n) is 17.0. The lowest BCUT2D eigenvalue weighted by atomic mass is 9.82. The number of nitrogens with two attached hydrogens (primary N) is 1. The molecule has 0 aliphatic heterocycles. The van der Waals surface area contributed by atoms with E-state index in [2.05, 4.69) is 22.4 Å². The summed E-state index contributed by atoms with van der Waals surface area (Å²) in [7, 11) is 0. The van der Waals surface area contributed by atoms with Crippen LogP contribution in [0.15, 0.2) is 36.5 Å². The van der Waals surface area contributed by atoms with Gasteiger partial charge in [-0.25, -0.2) is 4.98 Å². The Morgan fingerprint density at radius 1 is 1.07 bits per heavy atom. The molecule has 2 aromatic rings. The quantitative estimate of drug-likeness (QED) is 0.723. The molecule has 4 rings (SSSR count). The molecular weight excluding hydrogens is 362 g/mol. The highest BCUT2D eigenvalue weighted by atomic mass is 16.5. The molecule has 29 heavy (non-hydrogen) atoms. The van der Waals surface area contributed by atoms with E-state index in [1.807, 2.05) is 6.07 Å².